The lowest BCUT2D eigenvalue weighted by atomic mass is 10.0. The van der Waals surface area contributed by atoms with Crippen LogP contribution in [0.1, 0.15) is 28.6 Å². The smallest absolute Gasteiger partial charge is 0.242 e. The van der Waals surface area contributed by atoms with E-state index in [4.69, 9.17) is 0 Å². The first-order valence-electron chi connectivity index (χ1n) is 9.02. The molecule has 0 aliphatic rings. The number of aryl methyl sites for hydroxylation is 2. The molecule has 3 aromatic rings. The molecule has 5 nitrogen and oxygen atoms in total. The number of imidazole rings is 1. The molecular weight excluding hydrogens is 343 g/mol. The minimum atomic E-state index is -0.674. The van der Waals surface area contributed by atoms with Gasteiger partial charge in [-0.3, -0.25) is 9.69 Å². The minimum Gasteiger partial charge on any atom is -0.354 e. The number of hydrogen-bond acceptors (Lipinski definition) is 3. The van der Waals surface area contributed by atoms with Gasteiger partial charge in [-0.1, -0.05) is 24.3 Å². The number of nitrogens with one attached hydrogen (secondary N) is 2. The number of benzene rings is 2. The highest BCUT2D eigenvalue weighted by molar-refractivity contribution is 5.83. The predicted molar refractivity (Wildman–Crippen MR) is 105 cm³/mol. The predicted octanol–water partition coefficient (Wildman–Crippen LogP) is 3.28. The molecule has 2 N–H and O–H groups in total. The summed E-state index contributed by atoms with van der Waals surface area (Å²) < 4.78 is 14.1. The van der Waals surface area contributed by atoms with E-state index in [0.29, 0.717) is 18.5 Å². The van der Waals surface area contributed by atoms with Crippen molar-refractivity contribution in [2.45, 2.75) is 26.3 Å². The van der Waals surface area contributed by atoms with Gasteiger partial charge in [-0.05, 0) is 51.2 Å². The van der Waals surface area contributed by atoms with Gasteiger partial charge in [0, 0.05) is 18.5 Å². The summed E-state index contributed by atoms with van der Waals surface area (Å²) in [6.45, 7) is 4.54. The van der Waals surface area contributed by atoms with Gasteiger partial charge < -0.3 is 10.3 Å². The second kappa shape index (κ2) is 7.88. The summed E-state index contributed by atoms with van der Waals surface area (Å²) in [5, 5.41) is 2.90. The molecule has 0 saturated carbocycles. The van der Waals surface area contributed by atoms with Gasteiger partial charge in [0.05, 0.1) is 11.0 Å². The van der Waals surface area contributed by atoms with Crippen LogP contribution in [0.2, 0.25) is 0 Å². The summed E-state index contributed by atoms with van der Waals surface area (Å²) in [6, 6.07) is 9.79. The fraction of sp³-hybridized carbons (Fsp3) is 0.333. The highest BCUT2D eigenvalue weighted by atomic mass is 19.1. The molecule has 1 atom stereocenters. The van der Waals surface area contributed by atoms with Crippen molar-refractivity contribution in [1.29, 1.82) is 0 Å². The first-order chi connectivity index (χ1) is 12.9. The van der Waals surface area contributed by atoms with E-state index in [9.17, 15) is 9.18 Å². The number of nitrogens with zero attached hydrogens (tertiary/aromatic N) is 2. The molecule has 142 valence electrons. The van der Waals surface area contributed by atoms with E-state index in [1.54, 1.807) is 37.2 Å². The number of fused-ring (bicyclic) bond motifs is 1. The Bertz CT molecular complexity index is 964. The van der Waals surface area contributed by atoms with Crippen LogP contribution in [0.5, 0.6) is 0 Å². The van der Waals surface area contributed by atoms with Crippen LogP contribution in [0.4, 0.5) is 4.39 Å². The van der Waals surface area contributed by atoms with E-state index in [-0.39, 0.29) is 11.7 Å². The number of aromatic nitrogens is 2. The number of H-pyrrole nitrogens is 1. The molecule has 0 radical (unpaired) electrons. The van der Waals surface area contributed by atoms with Crippen molar-refractivity contribution in [3.8, 4) is 0 Å². The summed E-state index contributed by atoms with van der Waals surface area (Å²) >= 11 is 0. The molecule has 6 heteroatoms. The molecule has 2 aromatic carbocycles. The van der Waals surface area contributed by atoms with Crippen LogP contribution in [0.25, 0.3) is 11.0 Å². The number of carbonyl (C=O) groups is 1. The lowest BCUT2D eigenvalue weighted by molar-refractivity contribution is -0.125. The maximum Gasteiger partial charge on any atom is 0.242 e. The van der Waals surface area contributed by atoms with E-state index >= 15 is 0 Å². The van der Waals surface area contributed by atoms with Crippen molar-refractivity contribution in [3.05, 3.63) is 64.7 Å². The van der Waals surface area contributed by atoms with Crippen LogP contribution < -0.4 is 5.32 Å². The van der Waals surface area contributed by atoms with E-state index < -0.39 is 6.04 Å². The molecule has 1 amide bonds. The Morgan fingerprint density at radius 3 is 2.67 bits per heavy atom. The summed E-state index contributed by atoms with van der Waals surface area (Å²) in [4.78, 5) is 22.3. The number of carbonyl (C=O) groups excluding carboxylic acids is 1. The van der Waals surface area contributed by atoms with Crippen molar-refractivity contribution < 1.29 is 9.18 Å². The fourth-order valence-electron chi connectivity index (χ4n) is 3.23. The molecule has 0 fully saturated rings. The first kappa shape index (κ1) is 19.0. The number of aromatic amines is 1. The third kappa shape index (κ3) is 4.01. The van der Waals surface area contributed by atoms with Crippen LogP contribution in [0, 0.1) is 19.7 Å². The summed E-state index contributed by atoms with van der Waals surface area (Å²) in [6.07, 6.45) is 0.580. The SMILES string of the molecule is Cc1ccc2[nH]c(CCNC(=O)[C@@H](c3ccccc3F)N(C)C)nc2c1C. The summed E-state index contributed by atoms with van der Waals surface area (Å²) in [7, 11) is 3.53. The second-order valence-corrected chi connectivity index (χ2v) is 7.02. The number of amides is 1. The zero-order chi connectivity index (χ0) is 19.6. The fourth-order valence-corrected chi connectivity index (χ4v) is 3.23. The Hall–Kier alpha value is -2.73. The molecule has 0 saturated heterocycles. The Kier molecular flexibility index (Phi) is 5.56. The van der Waals surface area contributed by atoms with Gasteiger partial charge in [-0.15, -0.1) is 0 Å². The highest BCUT2D eigenvalue weighted by Gasteiger charge is 2.25. The Morgan fingerprint density at radius 2 is 1.96 bits per heavy atom. The maximum absolute atomic E-state index is 14.1. The summed E-state index contributed by atoms with van der Waals surface area (Å²) in [5.74, 6) is 0.217. The first-order valence-corrected chi connectivity index (χ1v) is 9.02. The minimum absolute atomic E-state index is 0.228. The standard InChI is InChI=1S/C21H25FN4O/c1-13-9-10-17-19(14(13)2)25-18(24-17)11-12-23-21(27)20(26(3)4)15-7-5-6-8-16(15)22/h5-10,20H,11-12H2,1-4H3,(H,23,27)(H,24,25)/t20-/m1/s1. The van der Waals surface area contributed by atoms with Crippen molar-refractivity contribution >= 4 is 16.9 Å². The highest BCUT2D eigenvalue weighted by Crippen LogP contribution is 2.22. The van der Waals surface area contributed by atoms with Gasteiger partial charge in [0.2, 0.25) is 5.91 Å². The van der Waals surface area contributed by atoms with Gasteiger partial charge in [0.25, 0.3) is 0 Å². The van der Waals surface area contributed by atoms with E-state index in [0.717, 1.165) is 22.4 Å². The lowest BCUT2D eigenvalue weighted by Crippen LogP contribution is -2.38. The van der Waals surface area contributed by atoms with Crippen molar-refractivity contribution in [1.82, 2.24) is 20.2 Å². The van der Waals surface area contributed by atoms with Gasteiger partial charge in [-0.25, -0.2) is 9.37 Å². The van der Waals surface area contributed by atoms with Crippen LogP contribution in [-0.2, 0) is 11.2 Å². The number of rotatable bonds is 6. The van der Waals surface area contributed by atoms with Crippen LogP contribution in [0.3, 0.4) is 0 Å². The van der Waals surface area contributed by atoms with Gasteiger partial charge in [0.15, 0.2) is 0 Å². The quantitative estimate of drug-likeness (QED) is 0.702. The van der Waals surface area contributed by atoms with Crippen molar-refractivity contribution in [2.24, 2.45) is 0 Å². The van der Waals surface area contributed by atoms with E-state index in [1.807, 2.05) is 6.07 Å². The Balaban J connectivity index is 1.68. The Labute approximate surface area is 158 Å². The van der Waals surface area contributed by atoms with Gasteiger partial charge in [0.1, 0.15) is 17.7 Å². The van der Waals surface area contributed by atoms with Crippen LogP contribution in [-0.4, -0.2) is 41.4 Å². The monoisotopic (exact) mass is 368 g/mol. The molecule has 27 heavy (non-hydrogen) atoms. The normalized spacial score (nSPS) is 12.5. The topological polar surface area (TPSA) is 61.0 Å². The van der Waals surface area contributed by atoms with Crippen LogP contribution >= 0.6 is 0 Å². The van der Waals surface area contributed by atoms with Gasteiger partial charge >= 0.3 is 0 Å². The second-order valence-electron chi connectivity index (χ2n) is 7.02. The lowest BCUT2D eigenvalue weighted by Gasteiger charge is -2.24. The zero-order valence-electron chi connectivity index (χ0n) is 16.1. The molecule has 3 rings (SSSR count). The molecule has 0 aliphatic carbocycles. The number of likely N-dealkylation sites (N-methyl/N-ethyl adjacent to an activating group) is 1. The van der Waals surface area contributed by atoms with E-state index in [1.165, 1.54) is 11.6 Å². The third-order valence-corrected chi connectivity index (χ3v) is 4.85. The molecule has 0 unspecified atom stereocenters. The maximum atomic E-state index is 14.1. The largest absolute Gasteiger partial charge is 0.354 e. The molecule has 1 aromatic heterocycles. The van der Waals surface area contributed by atoms with Crippen molar-refractivity contribution in [2.75, 3.05) is 20.6 Å². The average Bonchev–Trinajstić information content (AvgIpc) is 3.04. The molecule has 0 spiro atoms. The zero-order valence-corrected chi connectivity index (χ0v) is 16.1. The third-order valence-electron chi connectivity index (χ3n) is 4.85. The Morgan fingerprint density at radius 1 is 1.22 bits per heavy atom. The van der Waals surface area contributed by atoms with E-state index in [2.05, 4.69) is 35.2 Å². The number of halogens is 1. The number of hydrogen-bond donors (Lipinski definition) is 2. The molecule has 1 heterocycles. The van der Waals surface area contributed by atoms with Crippen molar-refractivity contribution in [3.63, 3.8) is 0 Å². The average molecular weight is 368 g/mol. The van der Waals surface area contributed by atoms with Crippen LogP contribution in [0.15, 0.2) is 36.4 Å². The summed E-state index contributed by atoms with van der Waals surface area (Å²) in [5.41, 5.74) is 4.69. The molecule has 0 aliphatic heterocycles. The molecule has 0 bridgehead atoms. The van der Waals surface area contributed by atoms with Gasteiger partial charge in [-0.2, -0.15) is 0 Å². The molecular formula is C21H25FN4O.